The highest BCUT2D eigenvalue weighted by Crippen LogP contribution is 2.30. The Labute approximate surface area is 165 Å². The van der Waals surface area contributed by atoms with Crippen molar-refractivity contribution in [2.24, 2.45) is 5.73 Å². The molecule has 0 saturated carbocycles. The van der Waals surface area contributed by atoms with Crippen LogP contribution in [-0.2, 0) is 4.79 Å². The zero-order valence-electron chi connectivity index (χ0n) is 16.7. The first kappa shape index (κ1) is 21.6. The second kappa shape index (κ2) is 9.01. The van der Waals surface area contributed by atoms with Gasteiger partial charge in [-0.25, -0.2) is 0 Å². The van der Waals surface area contributed by atoms with Crippen LogP contribution < -0.4 is 16.0 Å². The molecule has 1 aromatic carbocycles. The van der Waals surface area contributed by atoms with Crippen molar-refractivity contribution < 1.29 is 14.5 Å². The molecule has 0 bridgehead atoms. The van der Waals surface area contributed by atoms with Crippen LogP contribution in [0.15, 0.2) is 18.2 Å². The van der Waals surface area contributed by atoms with Crippen LogP contribution in [-0.4, -0.2) is 59.9 Å². The molecule has 0 aliphatic carbocycles. The SMILES string of the molecule is CCC(CC)(CN)NC(=O)c1ccc(N2CCN(C(C)=O)CC2)c([N+](=O)[O-])c1. The Balaban J connectivity index is 2.25. The standard InChI is InChI=1S/C19H29N5O4/c1-4-19(5-2,13-20)21-18(26)15-6-7-16(17(12-15)24(27)28)23-10-8-22(9-11-23)14(3)25/h6-7,12H,4-5,8-11,13,20H2,1-3H3,(H,21,26). The van der Waals surface area contributed by atoms with E-state index in [1.54, 1.807) is 17.0 Å². The van der Waals surface area contributed by atoms with Gasteiger partial charge in [-0.2, -0.15) is 0 Å². The first-order chi connectivity index (χ1) is 13.3. The van der Waals surface area contributed by atoms with E-state index in [0.29, 0.717) is 51.3 Å². The lowest BCUT2D eigenvalue weighted by atomic mass is 9.92. The third-order valence-corrected chi connectivity index (χ3v) is 5.62. The molecule has 9 heteroatoms. The molecule has 9 nitrogen and oxygen atoms in total. The average molecular weight is 391 g/mol. The van der Waals surface area contributed by atoms with Crippen LogP contribution in [0.2, 0.25) is 0 Å². The van der Waals surface area contributed by atoms with Crippen LogP contribution in [0.4, 0.5) is 11.4 Å². The van der Waals surface area contributed by atoms with E-state index in [0.717, 1.165) is 0 Å². The summed E-state index contributed by atoms with van der Waals surface area (Å²) >= 11 is 0. The van der Waals surface area contributed by atoms with Crippen LogP contribution in [0.5, 0.6) is 0 Å². The summed E-state index contributed by atoms with van der Waals surface area (Å²) in [5, 5.41) is 14.6. The molecule has 1 aliphatic rings. The minimum Gasteiger partial charge on any atom is -0.362 e. The highest BCUT2D eigenvalue weighted by atomic mass is 16.6. The smallest absolute Gasteiger partial charge is 0.293 e. The Morgan fingerprint density at radius 2 is 1.82 bits per heavy atom. The Kier molecular flexibility index (Phi) is 6.95. The molecule has 2 amide bonds. The number of rotatable bonds is 7. The number of piperazine rings is 1. The van der Waals surface area contributed by atoms with Gasteiger partial charge in [-0.15, -0.1) is 0 Å². The van der Waals surface area contributed by atoms with Crippen molar-refractivity contribution in [1.82, 2.24) is 10.2 Å². The van der Waals surface area contributed by atoms with Crippen LogP contribution in [0.25, 0.3) is 0 Å². The molecule has 0 aromatic heterocycles. The zero-order valence-corrected chi connectivity index (χ0v) is 16.7. The van der Waals surface area contributed by atoms with Gasteiger partial charge in [0.25, 0.3) is 11.6 Å². The molecular weight excluding hydrogens is 362 g/mol. The van der Waals surface area contributed by atoms with Gasteiger partial charge < -0.3 is 20.9 Å². The molecular formula is C19H29N5O4. The summed E-state index contributed by atoms with van der Waals surface area (Å²) in [4.78, 5) is 38.9. The Morgan fingerprint density at radius 3 is 2.29 bits per heavy atom. The van der Waals surface area contributed by atoms with Crippen molar-refractivity contribution in [3.8, 4) is 0 Å². The number of hydrogen-bond donors (Lipinski definition) is 2. The van der Waals surface area contributed by atoms with Crippen molar-refractivity contribution in [2.75, 3.05) is 37.6 Å². The maximum absolute atomic E-state index is 12.7. The summed E-state index contributed by atoms with van der Waals surface area (Å²) in [6.45, 7) is 7.75. The molecule has 0 spiro atoms. The summed E-state index contributed by atoms with van der Waals surface area (Å²) in [6, 6.07) is 4.52. The molecule has 1 aromatic rings. The zero-order chi connectivity index (χ0) is 20.9. The van der Waals surface area contributed by atoms with E-state index in [1.165, 1.54) is 13.0 Å². The number of nitrogens with zero attached hydrogens (tertiary/aromatic N) is 3. The lowest BCUT2D eigenvalue weighted by molar-refractivity contribution is -0.384. The van der Waals surface area contributed by atoms with Crippen molar-refractivity contribution in [1.29, 1.82) is 0 Å². The number of anilines is 1. The maximum atomic E-state index is 12.7. The van der Waals surface area contributed by atoms with Crippen molar-refractivity contribution >= 4 is 23.2 Å². The first-order valence-corrected chi connectivity index (χ1v) is 9.58. The van der Waals surface area contributed by atoms with Gasteiger partial charge in [0, 0.05) is 51.3 Å². The second-order valence-corrected chi connectivity index (χ2v) is 7.10. The number of amides is 2. The van der Waals surface area contributed by atoms with Gasteiger partial charge in [0.2, 0.25) is 5.91 Å². The van der Waals surface area contributed by atoms with Gasteiger partial charge in [-0.1, -0.05) is 13.8 Å². The largest absolute Gasteiger partial charge is 0.362 e. The van der Waals surface area contributed by atoms with E-state index in [4.69, 9.17) is 5.73 Å². The summed E-state index contributed by atoms with van der Waals surface area (Å²) < 4.78 is 0. The van der Waals surface area contributed by atoms with E-state index in [2.05, 4.69) is 5.32 Å². The predicted octanol–water partition coefficient (Wildman–Crippen LogP) is 1.51. The van der Waals surface area contributed by atoms with Crippen LogP contribution in [0.1, 0.15) is 44.0 Å². The molecule has 0 unspecified atom stereocenters. The third-order valence-electron chi connectivity index (χ3n) is 5.62. The van der Waals surface area contributed by atoms with E-state index >= 15 is 0 Å². The normalized spacial score (nSPS) is 14.7. The quantitative estimate of drug-likeness (QED) is 0.537. The highest BCUT2D eigenvalue weighted by molar-refractivity contribution is 5.96. The van der Waals surface area contributed by atoms with Crippen molar-refractivity contribution in [3.05, 3.63) is 33.9 Å². The average Bonchev–Trinajstić information content (AvgIpc) is 2.71. The van der Waals surface area contributed by atoms with E-state index in [-0.39, 0.29) is 23.1 Å². The molecule has 1 heterocycles. The van der Waals surface area contributed by atoms with Crippen LogP contribution >= 0.6 is 0 Å². The minimum absolute atomic E-state index is 0.00333. The van der Waals surface area contributed by atoms with Gasteiger partial charge in [-0.3, -0.25) is 19.7 Å². The van der Waals surface area contributed by atoms with E-state index < -0.39 is 10.5 Å². The lowest BCUT2D eigenvalue weighted by Gasteiger charge is -2.35. The first-order valence-electron chi connectivity index (χ1n) is 9.58. The number of nitro benzene ring substituents is 1. The summed E-state index contributed by atoms with van der Waals surface area (Å²) in [5.41, 5.74) is 5.89. The molecule has 28 heavy (non-hydrogen) atoms. The van der Waals surface area contributed by atoms with Gasteiger partial charge in [0.15, 0.2) is 0 Å². The fourth-order valence-electron chi connectivity index (χ4n) is 3.42. The lowest BCUT2D eigenvalue weighted by Crippen LogP contribution is -2.52. The molecule has 0 atom stereocenters. The van der Waals surface area contributed by atoms with Gasteiger partial charge in [0.1, 0.15) is 5.69 Å². The topological polar surface area (TPSA) is 122 Å². The van der Waals surface area contributed by atoms with E-state index in [1.807, 2.05) is 18.7 Å². The molecule has 154 valence electrons. The molecule has 1 fully saturated rings. The van der Waals surface area contributed by atoms with Crippen LogP contribution in [0.3, 0.4) is 0 Å². The van der Waals surface area contributed by atoms with Crippen molar-refractivity contribution in [3.63, 3.8) is 0 Å². The number of nitro groups is 1. The third kappa shape index (κ3) is 4.59. The summed E-state index contributed by atoms with van der Waals surface area (Å²) in [7, 11) is 0. The Morgan fingerprint density at radius 1 is 1.21 bits per heavy atom. The van der Waals surface area contributed by atoms with Gasteiger partial charge in [-0.05, 0) is 25.0 Å². The van der Waals surface area contributed by atoms with Gasteiger partial charge >= 0.3 is 0 Å². The number of nitrogens with one attached hydrogen (secondary N) is 1. The molecule has 2 rings (SSSR count). The number of carbonyl (C=O) groups excluding carboxylic acids is 2. The summed E-state index contributed by atoms with van der Waals surface area (Å²) in [6.07, 6.45) is 1.35. The number of carbonyl (C=O) groups is 2. The Hall–Kier alpha value is -2.68. The van der Waals surface area contributed by atoms with E-state index in [9.17, 15) is 19.7 Å². The minimum atomic E-state index is -0.520. The molecule has 3 N–H and O–H groups in total. The summed E-state index contributed by atoms with van der Waals surface area (Å²) in [5.74, 6) is -0.374. The van der Waals surface area contributed by atoms with Crippen LogP contribution in [0, 0.1) is 10.1 Å². The second-order valence-electron chi connectivity index (χ2n) is 7.10. The number of benzene rings is 1. The Bertz CT molecular complexity index is 732. The molecule has 1 saturated heterocycles. The number of hydrogen-bond acceptors (Lipinski definition) is 6. The fourth-order valence-corrected chi connectivity index (χ4v) is 3.42. The monoisotopic (exact) mass is 391 g/mol. The van der Waals surface area contributed by atoms with Gasteiger partial charge in [0.05, 0.1) is 10.5 Å². The predicted molar refractivity (Wildman–Crippen MR) is 107 cm³/mol. The highest BCUT2D eigenvalue weighted by Gasteiger charge is 2.29. The molecule has 0 radical (unpaired) electrons. The molecule has 1 aliphatic heterocycles. The maximum Gasteiger partial charge on any atom is 0.293 e. The number of nitrogens with two attached hydrogens (primary N) is 1. The van der Waals surface area contributed by atoms with Crippen molar-refractivity contribution in [2.45, 2.75) is 39.2 Å². The fraction of sp³-hybridized carbons (Fsp3) is 0.579.